The second-order valence-corrected chi connectivity index (χ2v) is 7.14. The van der Waals surface area contributed by atoms with Crippen LogP contribution in [-0.2, 0) is 12.8 Å². The van der Waals surface area contributed by atoms with Crippen LogP contribution in [0.3, 0.4) is 0 Å². The van der Waals surface area contributed by atoms with Crippen molar-refractivity contribution in [1.82, 2.24) is 4.90 Å². The van der Waals surface area contributed by atoms with Gasteiger partial charge in [0, 0.05) is 19.0 Å². The van der Waals surface area contributed by atoms with E-state index in [2.05, 4.69) is 29.2 Å². The van der Waals surface area contributed by atoms with Crippen molar-refractivity contribution in [1.29, 1.82) is 0 Å². The van der Waals surface area contributed by atoms with Crippen LogP contribution in [0.2, 0.25) is 0 Å². The number of ether oxygens (including phenoxy) is 1. The maximum absolute atomic E-state index is 5.52. The van der Waals surface area contributed by atoms with Crippen LogP contribution < -0.4 is 4.74 Å². The third-order valence-electron chi connectivity index (χ3n) is 5.82. The van der Waals surface area contributed by atoms with Crippen LogP contribution in [0.1, 0.15) is 48.5 Å². The highest BCUT2D eigenvalue weighted by Crippen LogP contribution is 2.40. The Hall–Kier alpha value is -1.74. The van der Waals surface area contributed by atoms with E-state index in [-0.39, 0.29) is 0 Å². The molecule has 0 amide bonds. The van der Waals surface area contributed by atoms with Gasteiger partial charge in [0.25, 0.3) is 0 Å². The molecule has 2 atom stereocenters. The van der Waals surface area contributed by atoms with E-state index in [0.29, 0.717) is 12.0 Å². The second kappa shape index (κ2) is 7.02. The average molecular weight is 325 g/mol. The zero-order chi connectivity index (χ0) is 16.4. The van der Waals surface area contributed by atoms with Gasteiger partial charge >= 0.3 is 0 Å². The minimum Gasteiger partial charge on any atom is -0.497 e. The quantitative estimate of drug-likeness (QED) is 0.814. The van der Waals surface area contributed by atoms with Crippen LogP contribution in [0.4, 0.5) is 0 Å². The minimum absolute atomic E-state index is 0.679. The van der Waals surface area contributed by atoms with Gasteiger partial charge in [0.2, 0.25) is 0 Å². The summed E-state index contributed by atoms with van der Waals surface area (Å²) in [5.74, 6) is 2.78. The van der Waals surface area contributed by atoms with Gasteiger partial charge in [0.15, 0.2) is 0 Å². The molecule has 2 aromatic rings. The molecule has 1 aromatic carbocycles. The van der Waals surface area contributed by atoms with Gasteiger partial charge in [-0.25, -0.2) is 0 Å². The maximum atomic E-state index is 5.52. The smallest absolute Gasteiger partial charge is 0.119 e. The number of benzene rings is 1. The lowest BCUT2D eigenvalue weighted by atomic mass is 9.78. The van der Waals surface area contributed by atoms with Crippen molar-refractivity contribution in [3.05, 3.63) is 53.5 Å². The van der Waals surface area contributed by atoms with E-state index in [0.717, 1.165) is 24.5 Å². The molecule has 1 aliphatic carbocycles. The SMILES string of the molecule is COc1ccc2c(c1)CCCC2C1CCCN1CCc1ccco1. The summed E-state index contributed by atoms with van der Waals surface area (Å²) in [7, 11) is 1.76. The molecule has 0 radical (unpaired) electrons. The average Bonchev–Trinajstić information content (AvgIpc) is 3.30. The molecule has 3 heteroatoms. The Bertz CT molecular complexity index is 664. The summed E-state index contributed by atoms with van der Waals surface area (Å²) in [5, 5.41) is 0. The largest absolute Gasteiger partial charge is 0.497 e. The molecule has 2 aliphatic rings. The van der Waals surface area contributed by atoms with Crippen LogP contribution in [0.5, 0.6) is 5.75 Å². The number of aryl methyl sites for hydroxylation is 1. The summed E-state index contributed by atoms with van der Waals surface area (Å²) in [4.78, 5) is 2.70. The Balaban J connectivity index is 1.50. The highest BCUT2D eigenvalue weighted by Gasteiger charge is 2.34. The van der Waals surface area contributed by atoms with Gasteiger partial charge in [-0.15, -0.1) is 0 Å². The van der Waals surface area contributed by atoms with Crippen LogP contribution in [0.15, 0.2) is 41.0 Å². The molecule has 4 rings (SSSR count). The fraction of sp³-hybridized carbons (Fsp3) is 0.524. The van der Waals surface area contributed by atoms with Crippen molar-refractivity contribution >= 4 is 0 Å². The molecule has 3 nitrogen and oxygen atoms in total. The van der Waals surface area contributed by atoms with E-state index < -0.39 is 0 Å². The van der Waals surface area contributed by atoms with Crippen molar-refractivity contribution in [3.8, 4) is 5.75 Å². The van der Waals surface area contributed by atoms with Gasteiger partial charge in [-0.2, -0.15) is 0 Å². The van der Waals surface area contributed by atoms with Crippen molar-refractivity contribution in [2.24, 2.45) is 0 Å². The van der Waals surface area contributed by atoms with E-state index in [9.17, 15) is 0 Å². The highest BCUT2D eigenvalue weighted by molar-refractivity contribution is 5.40. The van der Waals surface area contributed by atoms with E-state index in [4.69, 9.17) is 9.15 Å². The molecular formula is C21H27NO2. The second-order valence-electron chi connectivity index (χ2n) is 7.14. The van der Waals surface area contributed by atoms with Gasteiger partial charge in [-0.05, 0) is 80.0 Å². The summed E-state index contributed by atoms with van der Waals surface area (Å²) >= 11 is 0. The van der Waals surface area contributed by atoms with E-state index in [1.54, 1.807) is 18.9 Å². The molecule has 0 N–H and O–H groups in total. The van der Waals surface area contributed by atoms with Gasteiger partial charge in [-0.1, -0.05) is 6.07 Å². The van der Waals surface area contributed by atoms with Gasteiger partial charge < -0.3 is 9.15 Å². The first kappa shape index (κ1) is 15.8. The zero-order valence-corrected chi connectivity index (χ0v) is 14.5. The summed E-state index contributed by atoms with van der Waals surface area (Å²) in [6, 6.07) is 11.5. The Labute approximate surface area is 144 Å². The van der Waals surface area contributed by atoms with Crippen molar-refractivity contribution in [3.63, 3.8) is 0 Å². The molecule has 1 aromatic heterocycles. The third kappa shape index (κ3) is 3.10. The highest BCUT2D eigenvalue weighted by atomic mass is 16.5. The number of nitrogens with zero attached hydrogens (tertiary/aromatic N) is 1. The summed E-state index contributed by atoms with van der Waals surface area (Å²) in [5.41, 5.74) is 3.07. The van der Waals surface area contributed by atoms with Crippen molar-refractivity contribution in [2.45, 2.75) is 50.5 Å². The van der Waals surface area contributed by atoms with E-state index in [1.807, 2.05) is 6.07 Å². The maximum Gasteiger partial charge on any atom is 0.119 e. The first-order chi connectivity index (χ1) is 11.8. The van der Waals surface area contributed by atoms with Crippen LogP contribution in [-0.4, -0.2) is 31.1 Å². The first-order valence-corrected chi connectivity index (χ1v) is 9.28. The lowest BCUT2D eigenvalue weighted by molar-refractivity contribution is 0.211. The lowest BCUT2D eigenvalue weighted by Gasteiger charge is -2.35. The standard InChI is InChI=1S/C21H27NO2/c1-23-18-9-10-19-16(15-18)5-2-7-20(19)21-8-3-12-22(21)13-11-17-6-4-14-24-17/h4,6,9-10,14-15,20-21H,2-3,5,7-8,11-13H2,1H3. The number of likely N-dealkylation sites (tertiary alicyclic amines) is 1. The molecule has 1 saturated heterocycles. The zero-order valence-electron chi connectivity index (χ0n) is 14.5. The van der Waals surface area contributed by atoms with Crippen LogP contribution in [0.25, 0.3) is 0 Å². The Kier molecular flexibility index (Phi) is 4.61. The molecule has 0 bridgehead atoms. The number of furan rings is 1. The predicted octanol–water partition coefficient (Wildman–Crippen LogP) is 4.42. The lowest BCUT2D eigenvalue weighted by Crippen LogP contribution is -2.37. The number of hydrogen-bond donors (Lipinski definition) is 0. The Morgan fingerprint density at radius 1 is 1.21 bits per heavy atom. The molecular weight excluding hydrogens is 298 g/mol. The summed E-state index contributed by atoms with van der Waals surface area (Å²) in [6.45, 7) is 2.34. The number of fused-ring (bicyclic) bond motifs is 1. The topological polar surface area (TPSA) is 25.6 Å². The third-order valence-corrected chi connectivity index (χ3v) is 5.82. The fourth-order valence-corrected chi connectivity index (χ4v) is 4.65. The van der Waals surface area contributed by atoms with Crippen LogP contribution >= 0.6 is 0 Å². The van der Waals surface area contributed by atoms with E-state index in [1.165, 1.54) is 44.2 Å². The Morgan fingerprint density at radius 2 is 2.17 bits per heavy atom. The monoisotopic (exact) mass is 325 g/mol. The molecule has 2 heterocycles. The number of hydrogen-bond acceptors (Lipinski definition) is 3. The molecule has 24 heavy (non-hydrogen) atoms. The van der Waals surface area contributed by atoms with Gasteiger partial charge in [0.05, 0.1) is 13.4 Å². The normalized spacial score (nSPS) is 24.0. The fourth-order valence-electron chi connectivity index (χ4n) is 4.65. The molecule has 128 valence electrons. The first-order valence-electron chi connectivity index (χ1n) is 9.28. The molecule has 1 fully saturated rings. The van der Waals surface area contributed by atoms with Gasteiger partial charge in [0.1, 0.15) is 11.5 Å². The van der Waals surface area contributed by atoms with Gasteiger partial charge in [-0.3, -0.25) is 4.90 Å². The molecule has 0 spiro atoms. The summed E-state index contributed by atoms with van der Waals surface area (Å²) in [6.07, 6.45) is 9.27. The predicted molar refractivity (Wildman–Crippen MR) is 95.7 cm³/mol. The van der Waals surface area contributed by atoms with Crippen molar-refractivity contribution < 1.29 is 9.15 Å². The summed E-state index contributed by atoms with van der Waals surface area (Å²) < 4.78 is 10.9. The molecule has 2 unspecified atom stereocenters. The van der Waals surface area contributed by atoms with Crippen LogP contribution in [0, 0.1) is 0 Å². The van der Waals surface area contributed by atoms with Crippen molar-refractivity contribution in [2.75, 3.05) is 20.2 Å². The van der Waals surface area contributed by atoms with E-state index >= 15 is 0 Å². The molecule has 1 aliphatic heterocycles. The Morgan fingerprint density at radius 3 is 3.00 bits per heavy atom. The number of rotatable bonds is 5. The molecule has 0 saturated carbocycles. The minimum atomic E-state index is 0.679. The number of methoxy groups -OCH3 is 1.